The van der Waals surface area contributed by atoms with Gasteiger partial charge >= 0.3 is 0 Å². The highest BCUT2D eigenvalue weighted by Crippen LogP contribution is 2.49. The molecule has 114 valence electrons. The van der Waals surface area contributed by atoms with Crippen LogP contribution < -0.4 is 0 Å². The van der Waals surface area contributed by atoms with E-state index in [4.69, 9.17) is 0 Å². The Balaban J connectivity index is 1.92. The first-order valence-electron chi connectivity index (χ1n) is 7.91. The number of aromatic hydroxyl groups is 2. The highest BCUT2D eigenvalue weighted by Gasteiger charge is 2.46. The van der Waals surface area contributed by atoms with E-state index in [0.717, 1.165) is 25.8 Å². The Morgan fingerprint density at radius 2 is 1.77 bits per heavy atom. The minimum atomic E-state index is -0.0444. The number of hydrogen-bond acceptors (Lipinski definition) is 3. The van der Waals surface area contributed by atoms with E-state index in [1.54, 1.807) is 18.2 Å². The molecule has 0 radical (unpaired) electrons. The molecule has 2 unspecified atom stereocenters. The molecule has 1 heterocycles. The minimum absolute atomic E-state index is 0.0444. The molecule has 2 aromatic carbocycles. The quantitative estimate of drug-likeness (QED) is 0.850. The summed E-state index contributed by atoms with van der Waals surface area (Å²) in [6, 6.07) is 14.0. The second-order valence-electron chi connectivity index (χ2n) is 6.76. The predicted octanol–water partition coefficient (Wildman–Crippen LogP) is 3.03. The van der Waals surface area contributed by atoms with E-state index in [-0.39, 0.29) is 5.41 Å². The maximum absolute atomic E-state index is 9.99. The Kier molecular flexibility index (Phi) is 2.95. The Labute approximate surface area is 130 Å². The van der Waals surface area contributed by atoms with Crippen LogP contribution in [0.2, 0.25) is 0 Å². The lowest BCUT2D eigenvalue weighted by Crippen LogP contribution is -2.52. The second kappa shape index (κ2) is 4.75. The van der Waals surface area contributed by atoms with Crippen LogP contribution in [-0.4, -0.2) is 34.7 Å². The molecule has 2 bridgehead atoms. The van der Waals surface area contributed by atoms with Crippen LogP contribution in [0.3, 0.4) is 0 Å². The summed E-state index contributed by atoms with van der Waals surface area (Å²) in [6.45, 7) is 1.06. The number of benzene rings is 2. The largest absolute Gasteiger partial charge is 0.508 e. The fraction of sp³-hybridized carbons (Fsp3) is 0.368. The van der Waals surface area contributed by atoms with Crippen LogP contribution in [0.25, 0.3) is 0 Å². The van der Waals surface area contributed by atoms with Crippen molar-refractivity contribution in [2.24, 2.45) is 0 Å². The standard InChI is InChI=1S/C19H21NO2/c1-20-9-8-19(14-3-6-16(21)7-4-14)12-15(20)10-13-2-5-17(22)11-18(13)19/h2-7,11,15,21-22H,8-10,12H2,1H3. The van der Waals surface area contributed by atoms with E-state index < -0.39 is 0 Å². The van der Waals surface area contributed by atoms with Gasteiger partial charge in [0.25, 0.3) is 0 Å². The molecule has 1 fully saturated rings. The summed E-state index contributed by atoms with van der Waals surface area (Å²) in [5.41, 5.74) is 3.81. The van der Waals surface area contributed by atoms with Crippen LogP contribution in [0.4, 0.5) is 0 Å². The molecule has 3 heteroatoms. The highest BCUT2D eigenvalue weighted by molar-refractivity contribution is 5.50. The fourth-order valence-electron chi connectivity index (χ4n) is 4.32. The maximum Gasteiger partial charge on any atom is 0.115 e. The summed E-state index contributed by atoms with van der Waals surface area (Å²) < 4.78 is 0. The Bertz CT molecular complexity index is 710. The minimum Gasteiger partial charge on any atom is -0.508 e. The SMILES string of the molecule is CN1CCC2(c3ccc(O)cc3)CC1Cc1ccc(O)cc12. The number of phenols is 2. The third-order valence-corrected chi connectivity index (χ3v) is 5.58. The lowest BCUT2D eigenvalue weighted by molar-refractivity contribution is 0.123. The first kappa shape index (κ1) is 13.6. The molecule has 2 aromatic rings. The molecule has 1 aliphatic heterocycles. The number of hydrogen-bond donors (Lipinski definition) is 2. The lowest BCUT2D eigenvalue weighted by Gasteiger charge is -2.50. The van der Waals surface area contributed by atoms with Crippen molar-refractivity contribution < 1.29 is 10.2 Å². The zero-order chi connectivity index (χ0) is 15.3. The van der Waals surface area contributed by atoms with Gasteiger partial charge in [-0.3, -0.25) is 0 Å². The Morgan fingerprint density at radius 1 is 1.05 bits per heavy atom. The summed E-state index contributed by atoms with van der Waals surface area (Å²) in [5, 5.41) is 19.6. The first-order chi connectivity index (χ1) is 10.6. The number of phenolic OH excluding ortho intramolecular Hbond substituents is 2. The summed E-state index contributed by atoms with van der Waals surface area (Å²) in [7, 11) is 2.21. The van der Waals surface area contributed by atoms with E-state index in [0.29, 0.717) is 17.5 Å². The second-order valence-corrected chi connectivity index (χ2v) is 6.76. The normalized spacial score (nSPS) is 27.4. The molecule has 1 aliphatic carbocycles. The molecule has 4 rings (SSSR count). The van der Waals surface area contributed by atoms with E-state index in [1.807, 2.05) is 18.2 Å². The van der Waals surface area contributed by atoms with Crippen molar-refractivity contribution in [1.29, 1.82) is 0 Å². The molecule has 2 N–H and O–H groups in total. The molecule has 3 nitrogen and oxygen atoms in total. The van der Waals surface area contributed by atoms with Crippen LogP contribution in [0.15, 0.2) is 42.5 Å². The zero-order valence-corrected chi connectivity index (χ0v) is 12.8. The molecule has 0 aromatic heterocycles. The zero-order valence-electron chi connectivity index (χ0n) is 12.8. The van der Waals surface area contributed by atoms with Crippen LogP contribution in [0.5, 0.6) is 11.5 Å². The van der Waals surface area contributed by atoms with Gasteiger partial charge in [0.2, 0.25) is 0 Å². The Hall–Kier alpha value is -2.00. The van der Waals surface area contributed by atoms with Gasteiger partial charge in [-0.05, 0) is 73.8 Å². The lowest BCUT2D eigenvalue weighted by atomic mass is 9.60. The Morgan fingerprint density at radius 3 is 2.55 bits per heavy atom. The van der Waals surface area contributed by atoms with Gasteiger partial charge in [0.1, 0.15) is 11.5 Å². The highest BCUT2D eigenvalue weighted by atomic mass is 16.3. The number of likely N-dealkylation sites (N-methyl/N-ethyl adjacent to an activating group) is 1. The number of fused-ring (bicyclic) bond motifs is 4. The van der Waals surface area contributed by atoms with Crippen molar-refractivity contribution in [2.75, 3.05) is 13.6 Å². The number of piperidine rings is 1. The first-order valence-corrected chi connectivity index (χ1v) is 7.91. The van der Waals surface area contributed by atoms with E-state index in [1.165, 1.54) is 16.7 Å². The summed E-state index contributed by atoms with van der Waals surface area (Å²) >= 11 is 0. The van der Waals surface area contributed by atoms with Gasteiger partial charge in [0.15, 0.2) is 0 Å². The number of nitrogens with zero attached hydrogens (tertiary/aromatic N) is 1. The van der Waals surface area contributed by atoms with Gasteiger partial charge in [-0.1, -0.05) is 18.2 Å². The van der Waals surface area contributed by atoms with Crippen molar-refractivity contribution in [3.63, 3.8) is 0 Å². The van der Waals surface area contributed by atoms with Gasteiger partial charge in [0, 0.05) is 11.5 Å². The smallest absolute Gasteiger partial charge is 0.115 e. The van der Waals surface area contributed by atoms with Crippen molar-refractivity contribution in [2.45, 2.75) is 30.7 Å². The number of rotatable bonds is 1. The summed E-state index contributed by atoms with van der Waals surface area (Å²) in [6.07, 6.45) is 3.16. The fourth-order valence-corrected chi connectivity index (χ4v) is 4.32. The van der Waals surface area contributed by atoms with Crippen LogP contribution >= 0.6 is 0 Å². The van der Waals surface area contributed by atoms with Crippen molar-refractivity contribution in [3.8, 4) is 11.5 Å². The summed E-state index contributed by atoms with van der Waals surface area (Å²) in [5.74, 6) is 0.644. The average Bonchev–Trinajstić information content (AvgIpc) is 2.52. The molecular weight excluding hydrogens is 274 g/mol. The molecule has 1 saturated heterocycles. The maximum atomic E-state index is 9.99. The predicted molar refractivity (Wildman–Crippen MR) is 86.3 cm³/mol. The van der Waals surface area contributed by atoms with Gasteiger partial charge in [-0.2, -0.15) is 0 Å². The van der Waals surface area contributed by atoms with Crippen molar-refractivity contribution in [1.82, 2.24) is 4.90 Å². The molecule has 22 heavy (non-hydrogen) atoms. The summed E-state index contributed by atoms with van der Waals surface area (Å²) in [4.78, 5) is 2.45. The van der Waals surface area contributed by atoms with Crippen LogP contribution in [0, 0.1) is 0 Å². The molecule has 0 saturated carbocycles. The third-order valence-electron chi connectivity index (χ3n) is 5.58. The van der Waals surface area contributed by atoms with Gasteiger partial charge in [-0.25, -0.2) is 0 Å². The molecule has 0 spiro atoms. The third kappa shape index (κ3) is 1.92. The van der Waals surface area contributed by atoms with Crippen molar-refractivity contribution >= 4 is 0 Å². The van der Waals surface area contributed by atoms with Gasteiger partial charge in [-0.15, -0.1) is 0 Å². The van der Waals surface area contributed by atoms with Crippen LogP contribution in [-0.2, 0) is 11.8 Å². The van der Waals surface area contributed by atoms with Gasteiger partial charge < -0.3 is 15.1 Å². The van der Waals surface area contributed by atoms with Crippen molar-refractivity contribution in [3.05, 3.63) is 59.2 Å². The number of likely N-dealkylation sites (tertiary alicyclic amines) is 1. The molecule has 2 atom stereocenters. The topological polar surface area (TPSA) is 43.7 Å². The monoisotopic (exact) mass is 295 g/mol. The molecule has 2 aliphatic rings. The molecular formula is C19H21NO2. The van der Waals surface area contributed by atoms with Gasteiger partial charge in [0.05, 0.1) is 0 Å². The molecule has 0 amide bonds. The van der Waals surface area contributed by atoms with E-state index in [9.17, 15) is 10.2 Å². The van der Waals surface area contributed by atoms with E-state index >= 15 is 0 Å². The van der Waals surface area contributed by atoms with E-state index in [2.05, 4.69) is 18.0 Å². The average molecular weight is 295 g/mol. The van der Waals surface area contributed by atoms with Crippen LogP contribution in [0.1, 0.15) is 29.5 Å².